The molecular weight excluding hydrogens is 590 g/mol. The lowest BCUT2D eigenvalue weighted by Gasteiger charge is -2.14. The SMILES string of the molecule is C1=C(c2nc(-c3ccccc3)nc(-c3ccc4ccccc4c3)n2)c2c(oc3c(-c4ccc5c(c4)oc4ccccc45)cccc23)CC1. The molecule has 3 aromatic heterocycles. The molecule has 0 saturated carbocycles. The van der Waals surface area contributed by atoms with Crippen molar-refractivity contribution >= 4 is 49.3 Å². The molecule has 5 heteroatoms. The van der Waals surface area contributed by atoms with Gasteiger partial charge in [-0.1, -0.05) is 115 Å². The van der Waals surface area contributed by atoms with Crippen molar-refractivity contribution in [1.29, 1.82) is 0 Å². The van der Waals surface area contributed by atoms with Gasteiger partial charge in [0.2, 0.25) is 0 Å². The average Bonchev–Trinajstić information content (AvgIpc) is 3.73. The van der Waals surface area contributed by atoms with Crippen molar-refractivity contribution < 1.29 is 8.83 Å². The molecule has 0 fully saturated rings. The summed E-state index contributed by atoms with van der Waals surface area (Å²) in [5.41, 5.74) is 8.61. The number of rotatable bonds is 4. The van der Waals surface area contributed by atoms with Gasteiger partial charge >= 0.3 is 0 Å². The van der Waals surface area contributed by atoms with Gasteiger partial charge in [-0.15, -0.1) is 0 Å². The average molecular weight is 618 g/mol. The first-order valence-electron chi connectivity index (χ1n) is 16.2. The molecule has 0 unspecified atom stereocenters. The number of fused-ring (bicyclic) bond motifs is 7. The Morgan fingerprint density at radius 1 is 0.479 bits per heavy atom. The van der Waals surface area contributed by atoms with Crippen LogP contribution in [-0.2, 0) is 6.42 Å². The fraction of sp³-hybridized carbons (Fsp3) is 0.0465. The quantitative estimate of drug-likeness (QED) is 0.197. The number of nitrogens with zero attached hydrogens (tertiary/aromatic N) is 3. The molecule has 0 N–H and O–H groups in total. The molecule has 1 aliphatic carbocycles. The van der Waals surface area contributed by atoms with Gasteiger partial charge in [-0.2, -0.15) is 0 Å². The second-order valence-electron chi connectivity index (χ2n) is 12.3. The lowest BCUT2D eigenvalue weighted by Crippen LogP contribution is -2.06. The molecule has 48 heavy (non-hydrogen) atoms. The summed E-state index contributed by atoms with van der Waals surface area (Å²) in [4.78, 5) is 15.2. The first-order chi connectivity index (χ1) is 23.8. The van der Waals surface area contributed by atoms with E-state index in [-0.39, 0.29) is 0 Å². The molecule has 10 rings (SSSR count). The van der Waals surface area contributed by atoms with Gasteiger partial charge in [0, 0.05) is 50.4 Å². The van der Waals surface area contributed by atoms with E-state index in [4.69, 9.17) is 23.8 Å². The van der Waals surface area contributed by atoms with Gasteiger partial charge in [-0.05, 0) is 47.0 Å². The van der Waals surface area contributed by atoms with Crippen molar-refractivity contribution in [3.63, 3.8) is 0 Å². The Hall–Kier alpha value is -6.33. The summed E-state index contributed by atoms with van der Waals surface area (Å²) in [6.45, 7) is 0. The van der Waals surface area contributed by atoms with Crippen LogP contribution < -0.4 is 0 Å². The molecule has 0 saturated heterocycles. The second kappa shape index (κ2) is 10.6. The smallest absolute Gasteiger partial charge is 0.164 e. The van der Waals surface area contributed by atoms with Gasteiger partial charge in [0.1, 0.15) is 22.5 Å². The zero-order valence-corrected chi connectivity index (χ0v) is 25.9. The Bertz CT molecular complexity index is 2740. The molecule has 226 valence electrons. The van der Waals surface area contributed by atoms with E-state index in [0.29, 0.717) is 17.5 Å². The third-order valence-electron chi connectivity index (χ3n) is 9.38. The molecule has 9 aromatic rings. The monoisotopic (exact) mass is 617 g/mol. The van der Waals surface area contributed by atoms with E-state index in [0.717, 1.165) is 90.3 Å². The molecule has 0 radical (unpaired) electrons. The fourth-order valence-corrected chi connectivity index (χ4v) is 7.08. The molecule has 1 aliphatic rings. The first kappa shape index (κ1) is 26.8. The minimum Gasteiger partial charge on any atom is -0.460 e. The van der Waals surface area contributed by atoms with E-state index >= 15 is 0 Å². The largest absolute Gasteiger partial charge is 0.460 e. The van der Waals surface area contributed by atoms with E-state index < -0.39 is 0 Å². The Morgan fingerprint density at radius 3 is 2.12 bits per heavy atom. The van der Waals surface area contributed by atoms with Crippen molar-refractivity contribution in [3.8, 4) is 33.9 Å². The molecule has 5 nitrogen and oxygen atoms in total. The first-order valence-corrected chi connectivity index (χ1v) is 16.2. The normalized spacial score (nSPS) is 13.0. The van der Waals surface area contributed by atoms with Crippen LogP contribution in [0, 0.1) is 0 Å². The molecule has 0 aliphatic heterocycles. The number of para-hydroxylation sites is 2. The predicted molar refractivity (Wildman–Crippen MR) is 193 cm³/mol. The highest BCUT2D eigenvalue weighted by molar-refractivity contribution is 6.08. The van der Waals surface area contributed by atoms with E-state index in [9.17, 15) is 0 Å². The Kier molecular flexibility index (Phi) is 5.93. The minimum atomic E-state index is 0.643. The van der Waals surface area contributed by atoms with Crippen LogP contribution in [0.3, 0.4) is 0 Å². The zero-order chi connectivity index (χ0) is 31.6. The zero-order valence-electron chi connectivity index (χ0n) is 25.9. The minimum absolute atomic E-state index is 0.643. The van der Waals surface area contributed by atoms with Crippen LogP contribution in [0.1, 0.15) is 23.6 Å². The molecule has 0 amide bonds. The fourth-order valence-electron chi connectivity index (χ4n) is 7.08. The van der Waals surface area contributed by atoms with Gasteiger partial charge in [-0.3, -0.25) is 0 Å². The van der Waals surface area contributed by atoms with Crippen LogP contribution in [-0.4, -0.2) is 15.0 Å². The van der Waals surface area contributed by atoms with Crippen molar-refractivity contribution in [2.45, 2.75) is 12.8 Å². The molecule has 0 atom stereocenters. The number of benzene rings is 6. The van der Waals surface area contributed by atoms with Gasteiger partial charge in [0.15, 0.2) is 17.5 Å². The number of allylic oxidation sites excluding steroid dienone is 1. The Morgan fingerprint density at radius 2 is 1.21 bits per heavy atom. The molecule has 3 heterocycles. The Labute approximate surface area is 275 Å². The maximum Gasteiger partial charge on any atom is 0.164 e. The summed E-state index contributed by atoms with van der Waals surface area (Å²) in [5.74, 6) is 2.88. The number of furan rings is 2. The van der Waals surface area contributed by atoms with Crippen LogP contribution in [0.5, 0.6) is 0 Å². The third-order valence-corrected chi connectivity index (χ3v) is 9.38. The van der Waals surface area contributed by atoms with Crippen molar-refractivity contribution in [2.24, 2.45) is 0 Å². The standard InChI is InChI=1S/C43H27N3O2/c1-2-11-27(12-3-1)41-44-42(30-21-20-26-10-4-5-13-28(26)24-30)46-43(45-41)35-17-9-19-37-39(35)34-16-8-15-31(40(34)48-37)29-22-23-33-32-14-6-7-18-36(32)47-38(33)25-29/h1-8,10-18,20-25H,9,19H2. The lowest BCUT2D eigenvalue weighted by molar-refractivity contribution is 0.546. The van der Waals surface area contributed by atoms with Crippen LogP contribution in [0.2, 0.25) is 0 Å². The highest BCUT2D eigenvalue weighted by Gasteiger charge is 2.26. The molecule has 0 spiro atoms. The van der Waals surface area contributed by atoms with E-state index in [1.54, 1.807) is 0 Å². The summed E-state index contributed by atoms with van der Waals surface area (Å²) >= 11 is 0. The van der Waals surface area contributed by atoms with Crippen LogP contribution >= 0.6 is 0 Å². The molecule has 0 bridgehead atoms. The van der Waals surface area contributed by atoms with E-state index in [1.807, 2.05) is 48.5 Å². The molecule has 6 aromatic carbocycles. The summed E-state index contributed by atoms with van der Waals surface area (Å²) in [5, 5.41) is 5.60. The highest BCUT2D eigenvalue weighted by atomic mass is 16.3. The van der Waals surface area contributed by atoms with Gasteiger partial charge in [0.25, 0.3) is 0 Å². The predicted octanol–water partition coefficient (Wildman–Crippen LogP) is 11.0. The number of hydrogen-bond donors (Lipinski definition) is 0. The summed E-state index contributed by atoms with van der Waals surface area (Å²) < 4.78 is 13.0. The summed E-state index contributed by atoms with van der Waals surface area (Å²) in [6, 6.07) is 45.8. The number of aryl methyl sites for hydroxylation is 1. The van der Waals surface area contributed by atoms with Crippen molar-refractivity contribution in [1.82, 2.24) is 15.0 Å². The van der Waals surface area contributed by atoms with Gasteiger partial charge in [-0.25, -0.2) is 15.0 Å². The molecular formula is C43H27N3O2. The third kappa shape index (κ3) is 4.28. The Balaban J connectivity index is 1.14. The van der Waals surface area contributed by atoms with Crippen molar-refractivity contribution in [3.05, 3.63) is 157 Å². The maximum absolute atomic E-state index is 6.73. The van der Waals surface area contributed by atoms with Crippen LogP contribution in [0.4, 0.5) is 0 Å². The number of hydrogen-bond acceptors (Lipinski definition) is 5. The summed E-state index contributed by atoms with van der Waals surface area (Å²) in [6.07, 6.45) is 3.89. The second-order valence-corrected chi connectivity index (χ2v) is 12.3. The maximum atomic E-state index is 6.73. The van der Waals surface area contributed by atoms with Crippen LogP contribution in [0.25, 0.3) is 83.2 Å². The summed E-state index contributed by atoms with van der Waals surface area (Å²) in [7, 11) is 0. The lowest BCUT2D eigenvalue weighted by atomic mass is 9.92. The van der Waals surface area contributed by atoms with E-state index in [1.165, 1.54) is 5.39 Å². The van der Waals surface area contributed by atoms with Gasteiger partial charge in [0.05, 0.1) is 0 Å². The highest BCUT2D eigenvalue weighted by Crippen LogP contribution is 2.43. The van der Waals surface area contributed by atoms with Gasteiger partial charge < -0.3 is 8.83 Å². The topological polar surface area (TPSA) is 65.0 Å². The van der Waals surface area contributed by atoms with Crippen LogP contribution in [0.15, 0.2) is 148 Å². The van der Waals surface area contributed by atoms with Crippen molar-refractivity contribution in [2.75, 3.05) is 0 Å². The van der Waals surface area contributed by atoms with E-state index in [2.05, 4.69) is 91.0 Å². The number of aromatic nitrogens is 3.